The number of aromatic nitrogens is 4. The van der Waals surface area contributed by atoms with Gasteiger partial charge in [0.05, 0.1) is 16.0 Å². The topological polar surface area (TPSA) is 90.0 Å². The molecule has 0 fully saturated rings. The highest BCUT2D eigenvalue weighted by Gasteiger charge is 2.36. The van der Waals surface area contributed by atoms with Crippen molar-refractivity contribution in [1.29, 1.82) is 0 Å². The largest absolute Gasteiger partial charge is 0.285 e. The first-order chi connectivity index (χ1) is 14.3. The van der Waals surface area contributed by atoms with Gasteiger partial charge >= 0.3 is 0 Å². The number of fused-ring (bicyclic) bond motifs is 1. The maximum atomic E-state index is 13.9. The van der Waals surface area contributed by atoms with Crippen molar-refractivity contribution in [3.63, 3.8) is 0 Å². The van der Waals surface area contributed by atoms with Crippen LogP contribution in [0.1, 0.15) is 49.3 Å². The summed E-state index contributed by atoms with van der Waals surface area (Å²) in [6.45, 7) is 7.02. The zero-order valence-electron chi connectivity index (χ0n) is 17.1. The molecule has 0 saturated heterocycles. The highest BCUT2D eigenvalue weighted by Crippen LogP contribution is 2.37. The smallest absolute Gasteiger partial charge is 0.274 e. The summed E-state index contributed by atoms with van der Waals surface area (Å²) < 4.78 is 15.6. The van der Waals surface area contributed by atoms with Crippen molar-refractivity contribution in [2.75, 3.05) is 6.54 Å². The van der Waals surface area contributed by atoms with Gasteiger partial charge in [-0.25, -0.2) is 9.07 Å². The van der Waals surface area contributed by atoms with Crippen molar-refractivity contribution in [1.82, 2.24) is 25.1 Å². The standard InChI is InChI=1S/C21H23FN6O2/c1-21(2,3)27-20(23-24-25-27)19(17-6-4-5-7-18(17)28(29)30)26-11-10-14-8-9-16(22)12-15(14)13-26/h4-9,12,19H,10-11,13H2,1-3H3. The fourth-order valence-electron chi connectivity index (χ4n) is 3.99. The number of nitrogens with zero attached hydrogens (tertiary/aromatic N) is 6. The molecule has 2 aromatic carbocycles. The molecule has 8 nitrogen and oxygen atoms in total. The molecular formula is C21H23FN6O2. The molecule has 0 amide bonds. The van der Waals surface area contributed by atoms with E-state index < -0.39 is 11.6 Å². The summed E-state index contributed by atoms with van der Waals surface area (Å²) in [6.07, 6.45) is 0.712. The van der Waals surface area contributed by atoms with E-state index in [4.69, 9.17) is 0 Å². The third-order valence-electron chi connectivity index (χ3n) is 5.38. The first kappa shape index (κ1) is 20.1. The minimum absolute atomic E-state index is 0.0102. The van der Waals surface area contributed by atoms with Gasteiger partial charge in [-0.05, 0) is 60.9 Å². The van der Waals surface area contributed by atoms with Gasteiger partial charge in [0, 0.05) is 19.2 Å². The Morgan fingerprint density at radius 1 is 1.17 bits per heavy atom. The van der Waals surface area contributed by atoms with Crippen molar-refractivity contribution in [2.45, 2.75) is 45.3 Å². The van der Waals surface area contributed by atoms with Crippen molar-refractivity contribution in [3.05, 3.63) is 80.9 Å². The van der Waals surface area contributed by atoms with Gasteiger partial charge in [-0.2, -0.15) is 0 Å². The maximum Gasteiger partial charge on any atom is 0.274 e. The van der Waals surface area contributed by atoms with Crippen molar-refractivity contribution in [3.8, 4) is 0 Å². The molecule has 9 heteroatoms. The van der Waals surface area contributed by atoms with Crippen LogP contribution >= 0.6 is 0 Å². The predicted octanol–water partition coefficient (Wildman–Crippen LogP) is 3.62. The van der Waals surface area contributed by atoms with Crippen LogP contribution in [0.15, 0.2) is 42.5 Å². The third kappa shape index (κ3) is 3.68. The van der Waals surface area contributed by atoms with Gasteiger partial charge in [0.2, 0.25) is 0 Å². The predicted molar refractivity (Wildman–Crippen MR) is 108 cm³/mol. The number of benzene rings is 2. The van der Waals surface area contributed by atoms with E-state index in [2.05, 4.69) is 20.4 Å². The van der Waals surface area contributed by atoms with Crippen LogP contribution in [-0.2, 0) is 18.5 Å². The Hall–Kier alpha value is -3.20. The molecule has 30 heavy (non-hydrogen) atoms. The molecular weight excluding hydrogens is 387 g/mol. The minimum Gasteiger partial charge on any atom is -0.285 e. The van der Waals surface area contributed by atoms with Crippen LogP contribution in [0.2, 0.25) is 0 Å². The van der Waals surface area contributed by atoms with Crippen LogP contribution in [0, 0.1) is 15.9 Å². The summed E-state index contributed by atoms with van der Waals surface area (Å²) in [6, 6.07) is 10.9. The first-order valence-electron chi connectivity index (χ1n) is 9.79. The van der Waals surface area contributed by atoms with E-state index in [9.17, 15) is 14.5 Å². The fraction of sp³-hybridized carbons (Fsp3) is 0.381. The average Bonchev–Trinajstić information content (AvgIpc) is 3.18. The number of halogens is 1. The summed E-state index contributed by atoms with van der Waals surface area (Å²) >= 11 is 0. The van der Waals surface area contributed by atoms with E-state index in [-0.39, 0.29) is 16.4 Å². The van der Waals surface area contributed by atoms with Gasteiger partial charge in [-0.15, -0.1) is 5.10 Å². The van der Waals surface area contributed by atoms with Gasteiger partial charge in [-0.1, -0.05) is 24.3 Å². The summed E-state index contributed by atoms with van der Waals surface area (Å²) in [4.78, 5) is 13.5. The molecule has 1 aliphatic rings. The van der Waals surface area contributed by atoms with Gasteiger partial charge in [0.1, 0.15) is 11.9 Å². The second-order valence-electron chi connectivity index (χ2n) is 8.47. The number of nitro benzene ring substituents is 1. The van der Waals surface area contributed by atoms with Gasteiger partial charge in [0.25, 0.3) is 5.69 Å². The van der Waals surface area contributed by atoms with E-state index in [1.54, 1.807) is 28.9 Å². The summed E-state index contributed by atoms with van der Waals surface area (Å²) in [5.41, 5.74) is 2.07. The van der Waals surface area contributed by atoms with Crippen LogP contribution in [0.3, 0.4) is 0 Å². The van der Waals surface area contributed by atoms with E-state index in [0.717, 1.165) is 11.1 Å². The molecule has 1 aliphatic heterocycles. The zero-order chi connectivity index (χ0) is 21.5. The summed E-state index contributed by atoms with van der Waals surface area (Å²) in [5, 5.41) is 24.1. The second-order valence-corrected chi connectivity index (χ2v) is 8.47. The second kappa shape index (κ2) is 7.56. The SMILES string of the molecule is CC(C)(C)n1nnnc1C(c1ccccc1[N+](=O)[O-])N1CCc2ccc(F)cc2C1. The lowest BCUT2D eigenvalue weighted by Crippen LogP contribution is -2.38. The molecule has 156 valence electrons. The lowest BCUT2D eigenvalue weighted by molar-refractivity contribution is -0.385. The maximum absolute atomic E-state index is 13.9. The Balaban J connectivity index is 1.86. The molecule has 0 spiro atoms. The van der Waals surface area contributed by atoms with Crippen LogP contribution in [0.4, 0.5) is 10.1 Å². The molecule has 1 aromatic heterocycles. The van der Waals surface area contributed by atoms with Crippen LogP contribution in [0.25, 0.3) is 0 Å². The Labute approximate surface area is 173 Å². The van der Waals surface area contributed by atoms with Crippen LogP contribution < -0.4 is 0 Å². The molecule has 2 heterocycles. The number of hydrogen-bond donors (Lipinski definition) is 0. The lowest BCUT2D eigenvalue weighted by Gasteiger charge is -2.36. The molecule has 1 atom stereocenters. The third-order valence-corrected chi connectivity index (χ3v) is 5.38. The number of tetrazole rings is 1. The molecule has 4 rings (SSSR count). The molecule has 3 aromatic rings. The first-order valence-corrected chi connectivity index (χ1v) is 9.79. The number of nitro groups is 1. The molecule has 0 N–H and O–H groups in total. The summed E-state index contributed by atoms with van der Waals surface area (Å²) in [7, 11) is 0. The van der Waals surface area contributed by atoms with Gasteiger partial charge in [-0.3, -0.25) is 15.0 Å². The van der Waals surface area contributed by atoms with Gasteiger partial charge < -0.3 is 0 Å². The molecule has 0 bridgehead atoms. The molecule has 1 unspecified atom stereocenters. The monoisotopic (exact) mass is 410 g/mol. The fourth-order valence-corrected chi connectivity index (χ4v) is 3.99. The minimum atomic E-state index is -0.544. The quantitative estimate of drug-likeness (QED) is 0.482. The molecule has 0 aliphatic carbocycles. The van der Waals surface area contributed by atoms with Crippen molar-refractivity contribution < 1.29 is 9.31 Å². The average molecular weight is 410 g/mol. The van der Waals surface area contributed by atoms with E-state index >= 15 is 0 Å². The summed E-state index contributed by atoms with van der Waals surface area (Å²) in [5.74, 6) is 0.231. The Morgan fingerprint density at radius 3 is 2.67 bits per heavy atom. The van der Waals surface area contributed by atoms with Gasteiger partial charge in [0.15, 0.2) is 5.82 Å². The Bertz CT molecular complexity index is 1090. The lowest BCUT2D eigenvalue weighted by atomic mass is 9.94. The number of para-hydroxylation sites is 1. The number of rotatable bonds is 4. The van der Waals surface area contributed by atoms with Crippen molar-refractivity contribution in [2.24, 2.45) is 0 Å². The Kier molecular flexibility index (Phi) is 5.07. The highest BCUT2D eigenvalue weighted by molar-refractivity contribution is 5.45. The van der Waals surface area contributed by atoms with E-state index in [1.165, 1.54) is 18.2 Å². The highest BCUT2D eigenvalue weighted by atomic mass is 19.1. The molecule has 0 saturated carbocycles. The van der Waals surface area contributed by atoms with E-state index in [1.807, 2.05) is 20.8 Å². The van der Waals surface area contributed by atoms with Crippen LogP contribution in [0.5, 0.6) is 0 Å². The molecule has 0 radical (unpaired) electrons. The van der Waals surface area contributed by atoms with Crippen LogP contribution in [-0.4, -0.2) is 36.6 Å². The van der Waals surface area contributed by atoms with Crippen molar-refractivity contribution >= 4 is 5.69 Å². The Morgan fingerprint density at radius 2 is 1.93 bits per heavy atom. The zero-order valence-corrected chi connectivity index (χ0v) is 17.1. The normalized spacial score (nSPS) is 15.6. The van der Waals surface area contributed by atoms with E-state index in [0.29, 0.717) is 30.9 Å². The number of hydrogen-bond acceptors (Lipinski definition) is 6.